The number of fused-ring (bicyclic) bond motifs is 3. The van der Waals surface area contributed by atoms with E-state index in [1.807, 2.05) is 11.0 Å². The van der Waals surface area contributed by atoms with E-state index in [1.165, 1.54) is 6.07 Å². The van der Waals surface area contributed by atoms with Gasteiger partial charge in [0.2, 0.25) is 0 Å². The number of piperidine rings is 1. The highest BCUT2D eigenvalue weighted by atomic mass is 35.5. The number of carboxylic acid groups (broad SMARTS) is 1. The van der Waals surface area contributed by atoms with Crippen molar-refractivity contribution in [3.05, 3.63) is 52.3 Å². The fraction of sp³-hybridized carbons (Fsp3) is 0.412. The zero-order chi connectivity index (χ0) is 34.1. The smallest absolute Gasteiger partial charge is 0.409 e. The van der Waals surface area contributed by atoms with Crippen LogP contribution >= 0.6 is 22.9 Å². The van der Waals surface area contributed by atoms with Gasteiger partial charge in [-0.2, -0.15) is 15.2 Å². The molecule has 0 aliphatic carbocycles. The van der Waals surface area contributed by atoms with Crippen LogP contribution in [0.4, 0.5) is 28.8 Å². The molecule has 4 aromatic rings. The number of aromatic nitrogens is 2. The second-order valence-electron chi connectivity index (χ2n) is 13.2. The van der Waals surface area contributed by atoms with Gasteiger partial charge in [0.1, 0.15) is 34.8 Å². The van der Waals surface area contributed by atoms with E-state index in [-0.39, 0.29) is 60.5 Å². The van der Waals surface area contributed by atoms with Crippen LogP contribution in [-0.4, -0.2) is 76.6 Å². The maximum atomic E-state index is 17.1. The van der Waals surface area contributed by atoms with Gasteiger partial charge in [-0.3, -0.25) is 10.2 Å². The summed E-state index contributed by atoms with van der Waals surface area (Å²) in [4.78, 5) is 25.1. The highest BCUT2D eigenvalue weighted by molar-refractivity contribution is 7.23. The molecule has 254 valence electrons. The van der Waals surface area contributed by atoms with Gasteiger partial charge in [0.15, 0.2) is 5.82 Å². The molecule has 2 aromatic heterocycles. The third-order valence-corrected chi connectivity index (χ3v) is 11.8. The Balaban J connectivity index is 1.28. The van der Waals surface area contributed by atoms with Crippen molar-refractivity contribution in [2.24, 2.45) is 0 Å². The molecule has 49 heavy (non-hydrogen) atoms. The lowest BCUT2D eigenvalue weighted by molar-refractivity contribution is -0.151. The van der Waals surface area contributed by atoms with Gasteiger partial charge in [0.25, 0.3) is 0 Å². The zero-order valence-electron chi connectivity index (χ0n) is 26.1. The lowest BCUT2D eigenvalue weighted by atomic mass is 9.86. The largest absolute Gasteiger partial charge is 0.465 e. The maximum absolute atomic E-state index is 17.1. The molecule has 1 spiro atoms. The van der Waals surface area contributed by atoms with Crippen LogP contribution in [0.5, 0.6) is 6.01 Å². The van der Waals surface area contributed by atoms with Crippen LogP contribution in [0.3, 0.4) is 0 Å². The Morgan fingerprint density at radius 2 is 2.06 bits per heavy atom. The topological polar surface area (TPSA) is 124 Å². The fourth-order valence-electron chi connectivity index (χ4n) is 8.03. The lowest BCUT2D eigenvalue weighted by Gasteiger charge is -2.48. The Morgan fingerprint density at radius 3 is 2.80 bits per heavy atom. The first-order valence-corrected chi connectivity index (χ1v) is 17.2. The number of rotatable bonds is 6. The number of benzene rings is 2. The van der Waals surface area contributed by atoms with Gasteiger partial charge in [-0.1, -0.05) is 17.7 Å². The molecule has 2 atom stereocenters. The van der Waals surface area contributed by atoms with Crippen molar-refractivity contribution >= 4 is 60.8 Å². The first-order valence-electron chi connectivity index (χ1n) is 16.0. The molecule has 4 aliphatic heterocycles. The molecule has 2 N–H and O–H groups in total. The summed E-state index contributed by atoms with van der Waals surface area (Å²) >= 11 is 7.59. The van der Waals surface area contributed by atoms with E-state index in [1.54, 1.807) is 6.07 Å². The summed E-state index contributed by atoms with van der Waals surface area (Å²) in [5.74, 6) is -1.10. The van der Waals surface area contributed by atoms with Crippen molar-refractivity contribution in [3.63, 3.8) is 0 Å². The first kappa shape index (κ1) is 32.1. The number of nitrogens with one attached hydrogen (secondary N) is 1. The molecule has 0 bridgehead atoms. The predicted octanol–water partition coefficient (Wildman–Crippen LogP) is 7.63. The van der Waals surface area contributed by atoms with E-state index >= 15 is 8.78 Å². The van der Waals surface area contributed by atoms with Crippen LogP contribution in [-0.2, 0) is 4.74 Å². The highest BCUT2D eigenvalue weighted by Gasteiger charge is 2.47. The van der Waals surface area contributed by atoms with Crippen molar-refractivity contribution < 1.29 is 32.5 Å². The Bertz CT molecular complexity index is 2120. The van der Waals surface area contributed by atoms with E-state index in [0.717, 1.165) is 56.1 Å². The number of thiophene rings is 1. The molecule has 8 rings (SSSR count). The summed E-state index contributed by atoms with van der Waals surface area (Å²) in [6.45, 7) is 3.38. The molecule has 2 aromatic carbocycles. The fourth-order valence-corrected chi connectivity index (χ4v) is 9.39. The summed E-state index contributed by atoms with van der Waals surface area (Å²) < 4.78 is 58.0. The molecule has 2 unspecified atom stereocenters. The van der Waals surface area contributed by atoms with Crippen molar-refractivity contribution in [2.75, 3.05) is 49.6 Å². The highest BCUT2D eigenvalue weighted by Crippen LogP contribution is 2.48. The van der Waals surface area contributed by atoms with E-state index in [2.05, 4.69) is 15.2 Å². The predicted molar refractivity (Wildman–Crippen MR) is 179 cm³/mol. The third-order valence-electron chi connectivity index (χ3n) is 10.4. The SMILES string of the molecule is N#Cc1c(NC(=O)O)sc2c(F)ccc(-c3c(Cl)cc4c(N5CCCC6(CCO6)C5)nc(OCC56CCCN5C/C(=C\F)C6)nc4c3F)c12. The van der Waals surface area contributed by atoms with Crippen molar-refractivity contribution in [1.29, 1.82) is 5.26 Å². The third kappa shape index (κ3) is 5.26. The van der Waals surface area contributed by atoms with E-state index in [0.29, 0.717) is 55.8 Å². The summed E-state index contributed by atoms with van der Waals surface area (Å²) in [5.41, 5.74) is -0.287. The molecule has 1 amide bonds. The second-order valence-corrected chi connectivity index (χ2v) is 14.6. The quantitative estimate of drug-likeness (QED) is 0.208. The molecular weight excluding hydrogens is 681 g/mol. The zero-order valence-corrected chi connectivity index (χ0v) is 27.7. The minimum Gasteiger partial charge on any atom is -0.465 e. The monoisotopic (exact) mass is 710 g/mol. The molecular formula is C34H30ClF3N6O4S. The van der Waals surface area contributed by atoms with Crippen LogP contribution in [0.2, 0.25) is 5.02 Å². The van der Waals surface area contributed by atoms with Crippen LogP contribution in [0.1, 0.15) is 44.1 Å². The normalized spacial score (nSPS) is 24.5. The minimum atomic E-state index is -1.43. The number of hydrogen-bond donors (Lipinski definition) is 2. The van der Waals surface area contributed by atoms with Crippen molar-refractivity contribution in [1.82, 2.24) is 14.9 Å². The standard InChI is InChI=1S/C34H30ClF3N6O4S/c35-22-11-20-27(26(38)25(22)19-3-4-23(37)28-24(19)21(14-39)30(49-28)42-32(45)46)40-31(41-29(20)43-8-2-6-34(16-43)7-10-48-34)47-17-33-5-1-9-44(33)15-18(12-33)13-36/h3-4,11,13,42H,1-2,5-10,12,15-17H2,(H,45,46)/b18-13-. The number of carbonyl (C=O) groups is 1. The van der Waals surface area contributed by atoms with E-state index in [4.69, 9.17) is 26.1 Å². The Labute approximate surface area is 287 Å². The number of ether oxygens (including phenoxy) is 2. The number of nitrogens with zero attached hydrogens (tertiary/aromatic N) is 5. The first-order chi connectivity index (χ1) is 23.6. The molecule has 0 saturated carbocycles. The van der Waals surface area contributed by atoms with E-state index < -0.39 is 23.3 Å². The number of anilines is 2. The maximum Gasteiger partial charge on any atom is 0.409 e. The number of halogens is 4. The Hall–Kier alpha value is -4.16. The molecule has 4 saturated heterocycles. The van der Waals surface area contributed by atoms with Crippen LogP contribution in [0.15, 0.2) is 30.1 Å². The molecule has 15 heteroatoms. The van der Waals surface area contributed by atoms with Gasteiger partial charge >= 0.3 is 12.1 Å². The molecule has 4 fully saturated rings. The van der Waals surface area contributed by atoms with Gasteiger partial charge < -0.3 is 19.5 Å². The number of nitriles is 1. The van der Waals surface area contributed by atoms with Gasteiger partial charge in [-0.25, -0.2) is 18.0 Å². The molecule has 6 heterocycles. The number of amides is 1. The van der Waals surface area contributed by atoms with E-state index in [9.17, 15) is 19.6 Å². The van der Waals surface area contributed by atoms with Gasteiger partial charge in [0.05, 0.1) is 39.4 Å². The van der Waals surface area contributed by atoms with Gasteiger partial charge in [0, 0.05) is 42.4 Å². The molecule has 10 nitrogen and oxygen atoms in total. The van der Waals surface area contributed by atoms with Crippen LogP contribution in [0, 0.1) is 23.0 Å². The molecule has 4 aliphatic rings. The Kier molecular flexibility index (Phi) is 7.86. The van der Waals surface area contributed by atoms with Gasteiger partial charge in [-0.15, -0.1) is 11.3 Å². The van der Waals surface area contributed by atoms with Gasteiger partial charge in [-0.05, 0) is 61.9 Å². The summed E-state index contributed by atoms with van der Waals surface area (Å²) in [6, 6.07) is 5.90. The summed E-state index contributed by atoms with van der Waals surface area (Å²) in [6.07, 6.45) is 4.15. The number of hydrogen-bond acceptors (Lipinski definition) is 9. The summed E-state index contributed by atoms with van der Waals surface area (Å²) in [7, 11) is 0. The average Bonchev–Trinajstić information content (AvgIpc) is 3.74. The molecule has 0 radical (unpaired) electrons. The second kappa shape index (κ2) is 12.0. The summed E-state index contributed by atoms with van der Waals surface area (Å²) in [5, 5.41) is 21.7. The van der Waals surface area contributed by atoms with Crippen LogP contribution in [0.25, 0.3) is 32.1 Å². The van der Waals surface area contributed by atoms with Crippen molar-refractivity contribution in [3.8, 4) is 23.2 Å². The van der Waals surface area contributed by atoms with Crippen molar-refractivity contribution in [2.45, 2.75) is 49.7 Å². The Morgan fingerprint density at radius 1 is 1.24 bits per heavy atom. The average molecular weight is 711 g/mol. The lowest BCUT2D eigenvalue weighted by Crippen LogP contribution is -2.56. The minimum absolute atomic E-state index is 0.0251. The van der Waals surface area contributed by atoms with Crippen LogP contribution < -0.4 is 15.0 Å².